The van der Waals surface area contributed by atoms with Crippen LogP contribution in [0.2, 0.25) is 0 Å². The number of ether oxygens (including phenoxy) is 2. The zero-order valence-electron chi connectivity index (χ0n) is 18.9. The quantitative estimate of drug-likeness (QED) is 0.489. The van der Waals surface area contributed by atoms with Crippen LogP contribution >= 0.6 is 0 Å². The van der Waals surface area contributed by atoms with E-state index in [1.54, 1.807) is 24.5 Å². The first kappa shape index (κ1) is 23.6. The number of carbonyl (C=O) groups is 1. The first-order valence-corrected chi connectivity index (χ1v) is 11.2. The van der Waals surface area contributed by atoms with Gasteiger partial charge in [-0.1, -0.05) is 0 Å². The van der Waals surface area contributed by atoms with E-state index >= 15 is 0 Å². The SMILES string of the molecule is N.O=C(O)c1cnc2cc(N3CCOCC3)nc(OC3CCC(Nc4ncccn4)CC3)c2c1. The number of anilines is 2. The Bertz CT molecular complexity index is 1120. The molecule has 2 fully saturated rings. The molecule has 3 aromatic rings. The van der Waals surface area contributed by atoms with E-state index in [2.05, 4.69) is 25.2 Å². The number of carboxylic acids is 1. The van der Waals surface area contributed by atoms with E-state index in [1.807, 2.05) is 6.07 Å². The number of nitrogens with one attached hydrogen (secondary N) is 1. The highest BCUT2D eigenvalue weighted by Crippen LogP contribution is 2.32. The lowest BCUT2D eigenvalue weighted by atomic mass is 9.93. The van der Waals surface area contributed by atoms with Gasteiger partial charge in [-0.05, 0) is 37.8 Å². The van der Waals surface area contributed by atoms with Gasteiger partial charge in [-0.25, -0.2) is 14.8 Å². The zero-order valence-corrected chi connectivity index (χ0v) is 18.9. The summed E-state index contributed by atoms with van der Waals surface area (Å²) >= 11 is 0. The Hall–Kier alpha value is -3.57. The predicted octanol–water partition coefficient (Wildman–Crippen LogP) is 2.92. The summed E-state index contributed by atoms with van der Waals surface area (Å²) in [5.74, 6) is 0.822. The van der Waals surface area contributed by atoms with Crippen LogP contribution in [-0.2, 0) is 4.74 Å². The summed E-state index contributed by atoms with van der Waals surface area (Å²) in [7, 11) is 0. The first-order valence-electron chi connectivity index (χ1n) is 11.2. The highest BCUT2D eigenvalue weighted by atomic mass is 16.5. The lowest BCUT2D eigenvalue weighted by Crippen LogP contribution is -2.37. The third-order valence-electron chi connectivity index (χ3n) is 6.06. The average molecular weight is 468 g/mol. The van der Waals surface area contributed by atoms with E-state index in [0.29, 0.717) is 35.9 Å². The Morgan fingerprint density at radius 2 is 1.82 bits per heavy atom. The topological polar surface area (TPSA) is 158 Å². The van der Waals surface area contributed by atoms with Gasteiger partial charge in [-0.15, -0.1) is 0 Å². The molecule has 5 N–H and O–H groups in total. The predicted molar refractivity (Wildman–Crippen MR) is 127 cm³/mol. The lowest BCUT2D eigenvalue weighted by molar-refractivity contribution is 0.0696. The van der Waals surface area contributed by atoms with E-state index in [0.717, 1.165) is 44.6 Å². The van der Waals surface area contributed by atoms with Gasteiger partial charge in [0.1, 0.15) is 11.9 Å². The molecule has 4 heterocycles. The number of fused-ring (bicyclic) bond motifs is 1. The second kappa shape index (κ2) is 10.6. The fourth-order valence-corrected chi connectivity index (χ4v) is 4.28. The molecule has 5 rings (SSSR count). The fourth-order valence-electron chi connectivity index (χ4n) is 4.28. The Kier molecular flexibility index (Phi) is 7.33. The molecule has 2 aliphatic rings. The average Bonchev–Trinajstić information content (AvgIpc) is 2.86. The van der Waals surface area contributed by atoms with Crippen molar-refractivity contribution in [2.75, 3.05) is 36.5 Å². The van der Waals surface area contributed by atoms with Gasteiger partial charge in [-0.2, -0.15) is 4.98 Å². The van der Waals surface area contributed by atoms with Gasteiger partial charge in [-0.3, -0.25) is 4.98 Å². The van der Waals surface area contributed by atoms with Crippen LogP contribution in [-0.4, -0.2) is 69.5 Å². The third-order valence-corrected chi connectivity index (χ3v) is 6.06. The molecule has 3 aromatic heterocycles. The number of hydrogen-bond acceptors (Lipinski definition) is 10. The van der Waals surface area contributed by atoms with Gasteiger partial charge in [0.15, 0.2) is 0 Å². The Morgan fingerprint density at radius 3 is 2.53 bits per heavy atom. The summed E-state index contributed by atoms with van der Waals surface area (Å²) in [5, 5.41) is 13.4. The van der Waals surface area contributed by atoms with E-state index in [1.165, 1.54) is 6.20 Å². The van der Waals surface area contributed by atoms with Gasteiger partial charge in [0.05, 0.1) is 29.7 Å². The highest BCUT2D eigenvalue weighted by molar-refractivity contribution is 5.94. The molecule has 1 aliphatic heterocycles. The fraction of sp³-hybridized carbons (Fsp3) is 0.435. The number of pyridine rings is 2. The van der Waals surface area contributed by atoms with E-state index in [4.69, 9.17) is 14.5 Å². The highest BCUT2D eigenvalue weighted by Gasteiger charge is 2.25. The number of rotatable bonds is 6. The Morgan fingerprint density at radius 1 is 1.09 bits per heavy atom. The smallest absolute Gasteiger partial charge is 0.337 e. The Balaban J connectivity index is 0.00000274. The van der Waals surface area contributed by atoms with Crippen molar-refractivity contribution in [3.63, 3.8) is 0 Å². The summed E-state index contributed by atoms with van der Waals surface area (Å²) < 4.78 is 11.8. The molecular weight excluding hydrogens is 438 g/mol. The minimum atomic E-state index is -1.03. The molecule has 0 radical (unpaired) electrons. The third kappa shape index (κ3) is 5.32. The Labute approximate surface area is 197 Å². The van der Waals surface area contributed by atoms with Crippen LogP contribution in [0.4, 0.5) is 11.8 Å². The summed E-state index contributed by atoms with van der Waals surface area (Å²) in [6.07, 6.45) is 8.35. The first-order chi connectivity index (χ1) is 16.2. The molecule has 1 aliphatic carbocycles. The second-order valence-electron chi connectivity index (χ2n) is 8.29. The van der Waals surface area contributed by atoms with Gasteiger partial charge >= 0.3 is 5.97 Å². The minimum absolute atomic E-state index is 0. The maximum Gasteiger partial charge on any atom is 0.337 e. The van der Waals surface area contributed by atoms with Crippen molar-refractivity contribution >= 4 is 28.6 Å². The molecule has 11 nitrogen and oxygen atoms in total. The summed E-state index contributed by atoms with van der Waals surface area (Å²) in [5.41, 5.74) is 0.784. The van der Waals surface area contributed by atoms with Crippen LogP contribution in [0.1, 0.15) is 36.0 Å². The van der Waals surface area contributed by atoms with Crippen molar-refractivity contribution in [2.45, 2.75) is 37.8 Å². The van der Waals surface area contributed by atoms with Crippen LogP contribution in [0, 0.1) is 0 Å². The standard InChI is InChI=1S/C23H26N6O4.H3N/c30-22(31)15-12-18-19(26-14-15)13-20(29-8-10-32-11-9-29)28-21(18)33-17-4-2-16(3-5-17)27-23-24-6-1-7-25-23;/h1,6-7,12-14,16-17H,2-5,8-11H2,(H,30,31)(H,24,25,27);1H3. The van der Waals surface area contributed by atoms with E-state index in [-0.39, 0.29) is 23.9 Å². The van der Waals surface area contributed by atoms with Crippen molar-refractivity contribution in [3.8, 4) is 5.88 Å². The van der Waals surface area contributed by atoms with Crippen LogP contribution < -0.4 is 21.1 Å². The lowest BCUT2D eigenvalue weighted by Gasteiger charge is -2.31. The van der Waals surface area contributed by atoms with E-state index < -0.39 is 5.97 Å². The summed E-state index contributed by atoms with van der Waals surface area (Å²) in [6.45, 7) is 2.76. The molecule has 34 heavy (non-hydrogen) atoms. The largest absolute Gasteiger partial charge is 0.478 e. The molecule has 0 unspecified atom stereocenters. The summed E-state index contributed by atoms with van der Waals surface area (Å²) in [4.78, 5) is 31.3. The molecule has 0 atom stereocenters. The number of hydrogen-bond donors (Lipinski definition) is 3. The molecule has 0 spiro atoms. The zero-order chi connectivity index (χ0) is 22.6. The minimum Gasteiger partial charge on any atom is -0.478 e. The van der Waals surface area contributed by atoms with Crippen molar-refractivity contribution in [2.24, 2.45) is 0 Å². The van der Waals surface area contributed by atoms with Crippen LogP contribution in [0.3, 0.4) is 0 Å². The molecule has 11 heteroatoms. The van der Waals surface area contributed by atoms with Crippen LogP contribution in [0.25, 0.3) is 10.9 Å². The maximum atomic E-state index is 11.5. The normalized spacial score (nSPS) is 20.4. The molecule has 0 bridgehead atoms. The second-order valence-corrected chi connectivity index (χ2v) is 8.29. The monoisotopic (exact) mass is 467 g/mol. The molecule has 1 saturated carbocycles. The molecule has 0 aromatic carbocycles. The van der Waals surface area contributed by atoms with Gasteiger partial charge in [0, 0.05) is 43.8 Å². The summed E-state index contributed by atoms with van der Waals surface area (Å²) in [6, 6.07) is 5.57. The maximum absolute atomic E-state index is 11.5. The molecular formula is C23H29N7O4. The number of aromatic carboxylic acids is 1. The van der Waals surface area contributed by atoms with Gasteiger partial charge < -0.3 is 30.9 Å². The van der Waals surface area contributed by atoms with Crippen molar-refractivity contribution < 1.29 is 19.4 Å². The number of morpholine rings is 1. The molecule has 0 amide bonds. The van der Waals surface area contributed by atoms with Gasteiger partial charge in [0.25, 0.3) is 0 Å². The van der Waals surface area contributed by atoms with Crippen LogP contribution in [0.5, 0.6) is 5.88 Å². The van der Waals surface area contributed by atoms with Crippen LogP contribution in [0.15, 0.2) is 36.8 Å². The van der Waals surface area contributed by atoms with Crippen molar-refractivity contribution in [1.82, 2.24) is 26.1 Å². The molecule has 180 valence electrons. The van der Waals surface area contributed by atoms with Crippen molar-refractivity contribution in [1.29, 1.82) is 0 Å². The number of carboxylic acid groups (broad SMARTS) is 1. The van der Waals surface area contributed by atoms with Crippen molar-refractivity contribution in [3.05, 3.63) is 42.4 Å². The van der Waals surface area contributed by atoms with Gasteiger partial charge in [0.2, 0.25) is 11.8 Å². The number of nitrogens with zero attached hydrogens (tertiary/aromatic N) is 5. The van der Waals surface area contributed by atoms with E-state index in [9.17, 15) is 9.90 Å². The number of aromatic nitrogens is 4. The molecule has 1 saturated heterocycles.